The van der Waals surface area contributed by atoms with Crippen LogP contribution < -0.4 is 10.2 Å². The molecule has 12 heavy (non-hydrogen) atoms. The van der Waals surface area contributed by atoms with E-state index in [0.29, 0.717) is 0 Å². The third-order valence-corrected chi connectivity index (χ3v) is 1.67. The summed E-state index contributed by atoms with van der Waals surface area (Å²) in [6, 6.07) is 7.96. The predicted molar refractivity (Wildman–Crippen MR) is 61.8 cm³/mol. The minimum atomic E-state index is 0. The molecule has 68 valence electrons. The van der Waals surface area contributed by atoms with Gasteiger partial charge >= 0.3 is 23.9 Å². The van der Waals surface area contributed by atoms with Crippen molar-refractivity contribution in [3.05, 3.63) is 24.3 Å². The van der Waals surface area contributed by atoms with E-state index in [1.807, 2.05) is 12.1 Å². The van der Waals surface area contributed by atoms with Crippen LogP contribution in [0.25, 0.3) is 0 Å². The maximum absolute atomic E-state index is 5.56. The van der Waals surface area contributed by atoms with Crippen LogP contribution in [0.5, 0.6) is 0 Å². The molecule has 2 nitrogen and oxygen atoms in total. The molecule has 0 amide bonds. The Balaban J connectivity index is 0.00000121. The van der Waals surface area contributed by atoms with Crippen LogP contribution in [0.1, 0.15) is 0 Å². The number of quaternary nitrogens is 1. The fourth-order valence-corrected chi connectivity index (χ4v) is 0.922. The summed E-state index contributed by atoms with van der Waals surface area (Å²) in [6.45, 7) is 0. The number of rotatable bonds is 1. The average molecular weight is 274 g/mol. The molecule has 0 spiro atoms. The molecule has 2 N–H and O–H groups in total. The molecule has 0 aliphatic carbocycles. The van der Waals surface area contributed by atoms with Crippen molar-refractivity contribution in [3.8, 4) is 0 Å². The number of nitrogens with zero attached hydrogens (tertiary/aromatic N) is 1. The maximum atomic E-state index is 5.56. The van der Waals surface area contributed by atoms with E-state index in [0.717, 1.165) is 10.2 Å². The van der Waals surface area contributed by atoms with Gasteiger partial charge in [0.05, 0.1) is 21.1 Å². The van der Waals surface area contributed by atoms with Crippen LogP contribution in [0.4, 0.5) is 11.4 Å². The van der Waals surface area contributed by atoms with E-state index in [-0.39, 0.29) is 23.9 Å². The molecule has 1 aromatic rings. The van der Waals surface area contributed by atoms with Crippen molar-refractivity contribution in [3.63, 3.8) is 0 Å². The van der Waals surface area contributed by atoms with Gasteiger partial charge in [0.2, 0.25) is 0 Å². The molecular formula is C9H19N2Sn+. The summed E-state index contributed by atoms with van der Waals surface area (Å²) < 4.78 is 0.834. The Morgan fingerprint density at radius 1 is 1.00 bits per heavy atom. The van der Waals surface area contributed by atoms with E-state index >= 15 is 0 Å². The minimum absolute atomic E-state index is 0. The van der Waals surface area contributed by atoms with Gasteiger partial charge < -0.3 is 5.73 Å². The van der Waals surface area contributed by atoms with Gasteiger partial charge in [-0.15, -0.1) is 0 Å². The van der Waals surface area contributed by atoms with Crippen LogP contribution in [0.2, 0.25) is 0 Å². The number of benzene rings is 1. The van der Waals surface area contributed by atoms with Gasteiger partial charge in [-0.2, -0.15) is 0 Å². The Labute approximate surface area is 90.9 Å². The summed E-state index contributed by atoms with van der Waals surface area (Å²) in [4.78, 5) is 0. The van der Waals surface area contributed by atoms with Crippen LogP contribution in [-0.4, -0.2) is 45.1 Å². The molecule has 0 fully saturated rings. The zero-order chi connectivity index (χ0) is 8.48. The molecule has 1 rings (SSSR count). The third kappa shape index (κ3) is 3.03. The average Bonchev–Trinajstić information content (AvgIpc) is 1.86. The van der Waals surface area contributed by atoms with E-state index in [4.69, 9.17) is 5.73 Å². The first-order valence-corrected chi connectivity index (χ1v) is 3.68. The number of hydrogen-bond donors (Lipinski definition) is 1. The number of hydrogen-bond acceptors (Lipinski definition) is 1. The number of anilines is 1. The van der Waals surface area contributed by atoms with Crippen LogP contribution >= 0.6 is 0 Å². The zero-order valence-electron chi connectivity index (χ0n) is 7.33. The van der Waals surface area contributed by atoms with Gasteiger partial charge in [0.25, 0.3) is 0 Å². The monoisotopic (exact) mass is 275 g/mol. The molecule has 0 aliphatic heterocycles. The predicted octanol–water partition coefficient (Wildman–Crippen LogP) is 0.0139. The normalized spacial score (nSPS) is 10.6. The SMILES string of the molecule is C[N+](C)(C)c1ccc(N)cc1.[SnH4]. The third-order valence-electron chi connectivity index (χ3n) is 1.67. The van der Waals surface area contributed by atoms with Gasteiger partial charge in [-0.1, -0.05) is 0 Å². The number of nitrogen functional groups attached to an aromatic ring is 1. The Morgan fingerprint density at radius 3 is 1.75 bits per heavy atom. The molecule has 0 saturated heterocycles. The Hall–Kier alpha value is -0.221. The van der Waals surface area contributed by atoms with Crippen molar-refractivity contribution in [2.75, 3.05) is 26.9 Å². The number of nitrogens with two attached hydrogens (primary N) is 1. The molecule has 0 heterocycles. The van der Waals surface area contributed by atoms with Gasteiger partial charge in [-0.25, -0.2) is 0 Å². The van der Waals surface area contributed by atoms with Gasteiger partial charge in [-0.05, 0) is 12.1 Å². The second-order valence-corrected chi connectivity index (χ2v) is 3.60. The molecular weight excluding hydrogens is 255 g/mol. The van der Waals surface area contributed by atoms with Crippen LogP contribution in [0.15, 0.2) is 24.3 Å². The molecule has 0 unspecified atom stereocenters. The summed E-state index contributed by atoms with van der Waals surface area (Å²) in [5, 5.41) is 0. The first kappa shape index (κ1) is 11.8. The van der Waals surface area contributed by atoms with E-state index < -0.39 is 0 Å². The molecule has 1 aromatic carbocycles. The van der Waals surface area contributed by atoms with Gasteiger partial charge in [0.1, 0.15) is 5.69 Å². The first-order valence-electron chi connectivity index (χ1n) is 3.68. The summed E-state index contributed by atoms with van der Waals surface area (Å²) in [5.74, 6) is 0. The summed E-state index contributed by atoms with van der Waals surface area (Å²) in [6.07, 6.45) is 0. The van der Waals surface area contributed by atoms with Gasteiger partial charge in [-0.3, -0.25) is 4.48 Å². The van der Waals surface area contributed by atoms with E-state index in [9.17, 15) is 0 Å². The topological polar surface area (TPSA) is 26.0 Å². The molecule has 3 heteroatoms. The summed E-state index contributed by atoms with van der Waals surface area (Å²) >= 11 is 0. The molecule has 0 saturated carbocycles. The Bertz CT molecular complexity index is 236. The fourth-order valence-electron chi connectivity index (χ4n) is 0.922. The van der Waals surface area contributed by atoms with E-state index in [2.05, 4.69) is 33.3 Å². The van der Waals surface area contributed by atoms with E-state index in [1.54, 1.807) is 0 Å². The summed E-state index contributed by atoms with van der Waals surface area (Å²) in [5.41, 5.74) is 7.65. The van der Waals surface area contributed by atoms with Gasteiger partial charge in [0, 0.05) is 17.8 Å². The van der Waals surface area contributed by atoms with Crippen molar-refractivity contribution in [2.45, 2.75) is 0 Å². The standard InChI is InChI=1S/C9H15N2.Sn.4H/c1-11(2,3)9-6-4-8(10)5-7-9;;;;;/h4-7H,10H2,1-3H3;;;;;/q+1;;;;;. The second-order valence-electron chi connectivity index (χ2n) is 3.60. The van der Waals surface area contributed by atoms with Crippen LogP contribution in [0, 0.1) is 0 Å². The Kier molecular flexibility index (Phi) is 4.06. The van der Waals surface area contributed by atoms with Gasteiger partial charge in [0.15, 0.2) is 0 Å². The van der Waals surface area contributed by atoms with Crippen molar-refractivity contribution in [2.24, 2.45) is 0 Å². The zero-order valence-corrected chi connectivity index (χ0v) is 7.33. The van der Waals surface area contributed by atoms with Crippen LogP contribution in [0.3, 0.4) is 0 Å². The molecule has 0 radical (unpaired) electrons. The molecule has 0 aromatic heterocycles. The van der Waals surface area contributed by atoms with E-state index in [1.165, 1.54) is 5.69 Å². The summed E-state index contributed by atoms with van der Waals surface area (Å²) in [7, 11) is 6.39. The molecule has 0 bridgehead atoms. The molecule has 0 aliphatic rings. The Morgan fingerprint density at radius 2 is 1.42 bits per heavy atom. The van der Waals surface area contributed by atoms with Crippen LogP contribution in [-0.2, 0) is 0 Å². The van der Waals surface area contributed by atoms with Crippen molar-refractivity contribution in [1.82, 2.24) is 4.48 Å². The second kappa shape index (κ2) is 4.14. The quantitative estimate of drug-likeness (QED) is 0.436. The van der Waals surface area contributed by atoms with Crippen molar-refractivity contribution >= 4 is 35.3 Å². The van der Waals surface area contributed by atoms with Crippen molar-refractivity contribution in [1.29, 1.82) is 0 Å². The van der Waals surface area contributed by atoms with Crippen molar-refractivity contribution < 1.29 is 0 Å². The molecule has 0 atom stereocenters. The first-order chi connectivity index (χ1) is 5.00. The fraction of sp³-hybridized carbons (Fsp3) is 0.333.